The highest BCUT2D eigenvalue weighted by atomic mass is 16.1. The molecule has 1 N–H and O–H groups in total. The van der Waals surface area contributed by atoms with Crippen molar-refractivity contribution in [3.63, 3.8) is 0 Å². The van der Waals surface area contributed by atoms with Gasteiger partial charge >= 0.3 is 0 Å². The molecule has 1 aliphatic heterocycles. The molecule has 1 amide bonds. The third-order valence-electron chi connectivity index (χ3n) is 5.02. The molecular weight excluding hydrogens is 286 g/mol. The highest BCUT2D eigenvalue weighted by Gasteiger charge is 2.28. The molecule has 0 radical (unpaired) electrons. The van der Waals surface area contributed by atoms with Gasteiger partial charge in [0.25, 0.3) is 0 Å². The van der Waals surface area contributed by atoms with E-state index in [1.54, 1.807) is 0 Å². The molecular formula is C19H23N3O. The molecule has 0 bridgehead atoms. The fourth-order valence-corrected chi connectivity index (χ4v) is 3.48. The van der Waals surface area contributed by atoms with Gasteiger partial charge in [-0.25, -0.2) is 0 Å². The zero-order valence-corrected chi connectivity index (χ0v) is 13.4. The van der Waals surface area contributed by atoms with Gasteiger partial charge in [0.2, 0.25) is 5.91 Å². The van der Waals surface area contributed by atoms with Gasteiger partial charge in [-0.1, -0.05) is 18.2 Å². The van der Waals surface area contributed by atoms with Crippen LogP contribution in [0.2, 0.25) is 0 Å². The van der Waals surface area contributed by atoms with Crippen molar-refractivity contribution in [1.29, 1.82) is 0 Å². The van der Waals surface area contributed by atoms with Crippen molar-refractivity contribution in [2.75, 3.05) is 24.5 Å². The first-order chi connectivity index (χ1) is 11.3. The molecule has 2 fully saturated rings. The van der Waals surface area contributed by atoms with Gasteiger partial charge in [-0.05, 0) is 43.7 Å². The number of hydrogen-bond acceptors (Lipinski definition) is 3. The lowest BCUT2D eigenvalue weighted by molar-refractivity contribution is -0.125. The molecule has 1 saturated carbocycles. The van der Waals surface area contributed by atoms with Gasteiger partial charge in [0.1, 0.15) is 0 Å². The molecule has 1 saturated heterocycles. The van der Waals surface area contributed by atoms with E-state index in [0.29, 0.717) is 0 Å². The molecule has 120 valence electrons. The second kappa shape index (κ2) is 6.19. The van der Waals surface area contributed by atoms with Gasteiger partial charge in [-0.15, -0.1) is 0 Å². The monoisotopic (exact) mass is 309 g/mol. The van der Waals surface area contributed by atoms with Crippen LogP contribution in [0.3, 0.4) is 0 Å². The number of para-hydroxylation sites is 1. The van der Waals surface area contributed by atoms with E-state index in [9.17, 15) is 4.79 Å². The van der Waals surface area contributed by atoms with Crippen LogP contribution in [0.5, 0.6) is 0 Å². The second-order valence-corrected chi connectivity index (χ2v) is 6.82. The van der Waals surface area contributed by atoms with Gasteiger partial charge in [-0.2, -0.15) is 0 Å². The number of carbonyl (C=O) groups is 1. The molecule has 4 nitrogen and oxygen atoms in total. The highest BCUT2D eigenvalue weighted by molar-refractivity contribution is 5.91. The third-order valence-corrected chi connectivity index (χ3v) is 5.02. The summed E-state index contributed by atoms with van der Waals surface area (Å²) in [5.74, 6) is 1.08. The summed E-state index contributed by atoms with van der Waals surface area (Å²) < 4.78 is 0. The maximum atomic E-state index is 12.4. The van der Waals surface area contributed by atoms with Crippen LogP contribution in [0.15, 0.2) is 36.5 Å². The van der Waals surface area contributed by atoms with Gasteiger partial charge < -0.3 is 10.2 Å². The van der Waals surface area contributed by atoms with E-state index in [1.165, 1.54) is 23.9 Å². The van der Waals surface area contributed by atoms with Crippen LogP contribution in [0.1, 0.15) is 25.7 Å². The number of hydrogen-bond donors (Lipinski definition) is 1. The number of aromatic nitrogens is 1. The molecule has 0 spiro atoms. The maximum absolute atomic E-state index is 12.4. The lowest BCUT2D eigenvalue weighted by Crippen LogP contribution is -2.43. The zero-order chi connectivity index (χ0) is 15.6. The fourth-order valence-electron chi connectivity index (χ4n) is 3.48. The second-order valence-electron chi connectivity index (χ2n) is 6.82. The molecule has 2 aromatic rings. The van der Waals surface area contributed by atoms with Gasteiger partial charge in [0, 0.05) is 36.9 Å². The Hall–Kier alpha value is -2.10. The predicted octanol–water partition coefficient (Wildman–Crippen LogP) is 2.98. The molecule has 1 unspecified atom stereocenters. The predicted molar refractivity (Wildman–Crippen MR) is 92.4 cm³/mol. The Morgan fingerprint density at radius 3 is 2.96 bits per heavy atom. The third kappa shape index (κ3) is 3.16. The summed E-state index contributed by atoms with van der Waals surface area (Å²) in [5, 5.41) is 4.32. The number of amides is 1. The van der Waals surface area contributed by atoms with E-state index in [-0.39, 0.29) is 11.8 Å². The first-order valence-corrected chi connectivity index (χ1v) is 8.67. The Morgan fingerprint density at radius 1 is 1.22 bits per heavy atom. The molecule has 1 aromatic heterocycles. The smallest absolute Gasteiger partial charge is 0.224 e. The topological polar surface area (TPSA) is 45.2 Å². The normalized spacial score (nSPS) is 21.4. The molecule has 4 heteroatoms. The van der Waals surface area contributed by atoms with Crippen LogP contribution in [0, 0.1) is 11.8 Å². The summed E-state index contributed by atoms with van der Waals surface area (Å²) in [5.41, 5.74) is 2.22. The molecule has 4 rings (SSSR count). The highest BCUT2D eigenvalue weighted by Crippen LogP contribution is 2.30. The van der Waals surface area contributed by atoms with E-state index >= 15 is 0 Å². The van der Waals surface area contributed by atoms with Crippen molar-refractivity contribution in [1.82, 2.24) is 10.3 Å². The number of carbonyl (C=O) groups excluding carboxylic acids is 1. The average molecular weight is 309 g/mol. The summed E-state index contributed by atoms with van der Waals surface area (Å²) in [6.45, 7) is 2.69. The van der Waals surface area contributed by atoms with Crippen LogP contribution in [-0.4, -0.2) is 30.5 Å². The molecule has 23 heavy (non-hydrogen) atoms. The first kappa shape index (κ1) is 14.5. The summed E-state index contributed by atoms with van der Waals surface area (Å²) >= 11 is 0. The van der Waals surface area contributed by atoms with Crippen LogP contribution in [0.4, 0.5) is 5.69 Å². The summed E-state index contributed by atoms with van der Waals surface area (Å²) in [6, 6.07) is 10.3. The summed E-state index contributed by atoms with van der Waals surface area (Å²) in [6.07, 6.45) is 6.49. The largest absolute Gasteiger partial charge is 0.370 e. The van der Waals surface area contributed by atoms with E-state index in [0.717, 1.165) is 43.9 Å². The minimum Gasteiger partial charge on any atom is -0.370 e. The Kier molecular flexibility index (Phi) is 3.90. The minimum atomic E-state index is 0.106. The Bertz CT molecular complexity index is 705. The van der Waals surface area contributed by atoms with Crippen molar-refractivity contribution in [2.24, 2.45) is 11.8 Å². The maximum Gasteiger partial charge on any atom is 0.224 e. The summed E-state index contributed by atoms with van der Waals surface area (Å²) in [4.78, 5) is 19.2. The molecule has 1 aromatic carbocycles. The van der Waals surface area contributed by atoms with Gasteiger partial charge in [0.15, 0.2) is 0 Å². The molecule has 1 atom stereocenters. The van der Waals surface area contributed by atoms with E-state index < -0.39 is 0 Å². The number of rotatable bonds is 4. The fraction of sp³-hybridized carbons (Fsp3) is 0.474. The van der Waals surface area contributed by atoms with E-state index in [2.05, 4.69) is 33.4 Å². The van der Waals surface area contributed by atoms with Crippen LogP contribution < -0.4 is 10.2 Å². The average Bonchev–Trinajstić information content (AvgIpc) is 3.44. The van der Waals surface area contributed by atoms with Crippen LogP contribution in [0.25, 0.3) is 10.9 Å². The Morgan fingerprint density at radius 2 is 2.09 bits per heavy atom. The lowest BCUT2D eigenvalue weighted by atomic mass is 9.96. The van der Waals surface area contributed by atoms with E-state index in [1.807, 2.05) is 18.3 Å². The Balaban J connectivity index is 1.50. The SMILES string of the molecule is O=C(NCC1CC1)C1CCCN(c2ccnc3ccccc23)C1. The zero-order valence-electron chi connectivity index (χ0n) is 13.4. The molecule has 1 aliphatic carbocycles. The summed E-state index contributed by atoms with van der Waals surface area (Å²) in [7, 11) is 0. The number of fused-ring (bicyclic) bond motifs is 1. The van der Waals surface area contributed by atoms with Crippen molar-refractivity contribution in [3.8, 4) is 0 Å². The van der Waals surface area contributed by atoms with Crippen molar-refractivity contribution >= 4 is 22.5 Å². The lowest BCUT2D eigenvalue weighted by Gasteiger charge is -2.34. The van der Waals surface area contributed by atoms with E-state index in [4.69, 9.17) is 0 Å². The quantitative estimate of drug-likeness (QED) is 0.944. The van der Waals surface area contributed by atoms with Crippen LogP contribution in [-0.2, 0) is 4.79 Å². The first-order valence-electron chi connectivity index (χ1n) is 8.67. The van der Waals surface area contributed by atoms with Gasteiger partial charge in [-0.3, -0.25) is 9.78 Å². The number of benzene rings is 1. The number of pyridine rings is 1. The minimum absolute atomic E-state index is 0.106. The number of nitrogens with zero attached hydrogens (tertiary/aromatic N) is 2. The van der Waals surface area contributed by atoms with Crippen molar-refractivity contribution in [3.05, 3.63) is 36.5 Å². The molecule has 2 heterocycles. The van der Waals surface area contributed by atoms with Gasteiger partial charge in [0.05, 0.1) is 11.4 Å². The Labute approximate surface area is 136 Å². The van der Waals surface area contributed by atoms with Crippen LogP contribution >= 0.6 is 0 Å². The molecule has 2 aliphatic rings. The number of anilines is 1. The number of nitrogens with one attached hydrogen (secondary N) is 1. The number of piperidine rings is 1. The van der Waals surface area contributed by atoms with Crippen molar-refractivity contribution < 1.29 is 4.79 Å². The van der Waals surface area contributed by atoms with Crippen molar-refractivity contribution in [2.45, 2.75) is 25.7 Å². The standard InChI is InChI=1S/C19H23N3O/c23-19(21-12-14-7-8-14)15-4-3-11-22(13-15)18-9-10-20-17-6-2-1-5-16(17)18/h1-2,5-6,9-10,14-15H,3-4,7-8,11-13H2,(H,21,23).